The zero-order valence-electron chi connectivity index (χ0n) is 16.2. The molecule has 138 valence electrons. The Hall–Kier alpha value is -2.94. The van der Waals surface area contributed by atoms with Gasteiger partial charge in [0.05, 0.1) is 5.69 Å². The van der Waals surface area contributed by atoms with Crippen LogP contribution in [0.15, 0.2) is 72.9 Å². The van der Waals surface area contributed by atoms with Crippen LogP contribution >= 0.6 is 0 Å². The smallest absolute Gasteiger partial charge is 0.224 e. The third kappa shape index (κ3) is 5.27. The average Bonchev–Trinajstić information content (AvgIpc) is 2.67. The Morgan fingerprint density at radius 2 is 1.74 bits per heavy atom. The number of aromatic nitrogens is 1. The highest BCUT2D eigenvalue weighted by Gasteiger charge is 2.13. The largest absolute Gasteiger partial charge is 0.326 e. The minimum atomic E-state index is 0.0214. The van der Waals surface area contributed by atoms with Crippen molar-refractivity contribution in [2.45, 2.75) is 39.0 Å². The Morgan fingerprint density at radius 3 is 2.41 bits per heavy atom. The molecular formula is C24H26N2O. The zero-order valence-corrected chi connectivity index (χ0v) is 16.2. The monoisotopic (exact) mass is 358 g/mol. The van der Waals surface area contributed by atoms with Gasteiger partial charge in [0.1, 0.15) is 0 Å². The molecule has 3 rings (SSSR count). The van der Waals surface area contributed by atoms with Crippen molar-refractivity contribution in [3.8, 4) is 11.3 Å². The van der Waals surface area contributed by atoms with Gasteiger partial charge in [0, 0.05) is 23.9 Å². The first-order valence-corrected chi connectivity index (χ1v) is 9.32. The maximum Gasteiger partial charge on any atom is 0.224 e. The molecule has 3 heteroatoms. The van der Waals surface area contributed by atoms with Crippen LogP contribution in [0.3, 0.4) is 0 Å². The topological polar surface area (TPSA) is 42.0 Å². The van der Waals surface area contributed by atoms with Crippen LogP contribution in [0, 0.1) is 0 Å². The summed E-state index contributed by atoms with van der Waals surface area (Å²) in [4.78, 5) is 16.7. The number of carbonyl (C=O) groups excluding carboxylic acids is 1. The highest BCUT2D eigenvalue weighted by atomic mass is 16.1. The molecule has 1 amide bonds. The van der Waals surface area contributed by atoms with Gasteiger partial charge in [-0.25, -0.2) is 0 Å². The number of rotatable bonds is 5. The van der Waals surface area contributed by atoms with E-state index in [2.05, 4.69) is 55.3 Å². The van der Waals surface area contributed by atoms with Crippen molar-refractivity contribution in [1.82, 2.24) is 4.98 Å². The predicted octanol–water partition coefficient (Wildman–Crippen LogP) is 5.62. The molecule has 0 saturated carbocycles. The Labute approximate surface area is 161 Å². The van der Waals surface area contributed by atoms with E-state index < -0.39 is 0 Å². The summed E-state index contributed by atoms with van der Waals surface area (Å²) < 4.78 is 0. The van der Waals surface area contributed by atoms with E-state index in [-0.39, 0.29) is 11.3 Å². The molecule has 0 atom stereocenters. The Balaban J connectivity index is 1.58. The lowest BCUT2D eigenvalue weighted by atomic mass is 9.86. The number of carbonyl (C=O) groups is 1. The molecule has 0 fully saturated rings. The molecule has 2 aromatic carbocycles. The summed E-state index contributed by atoms with van der Waals surface area (Å²) in [5.41, 5.74) is 5.32. The van der Waals surface area contributed by atoms with E-state index in [1.54, 1.807) is 6.20 Å². The summed E-state index contributed by atoms with van der Waals surface area (Å²) in [6.45, 7) is 6.61. The lowest BCUT2D eigenvalue weighted by Crippen LogP contribution is -2.13. The summed E-state index contributed by atoms with van der Waals surface area (Å²) in [6, 6.07) is 22.2. The number of nitrogens with zero attached hydrogens (tertiary/aromatic N) is 1. The molecule has 0 aliphatic carbocycles. The van der Waals surface area contributed by atoms with Crippen LogP contribution in [0.25, 0.3) is 11.3 Å². The lowest BCUT2D eigenvalue weighted by molar-refractivity contribution is -0.116. The van der Waals surface area contributed by atoms with Crippen molar-refractivity contribution < 1.29 is 4.79 Å². The second-order valence-corrected chi connectivity index (χ2v) is 7.79. The highest BCUT2D eigenvalue weighted by Crippen LogP contribution is 2.23. The first-order valence-electron chi connectivity index (χ1n) is 9.32. The maximum absolute atomic E-state index is 12.3. The number of anilines is 1. The third-order valence-corrected chi connectivity index (χ3v) is 4.57. The van der Waals surface area contributed by atoms with E-state index in [9.17, 15) is 4.79 Å². The quantitative estimate of drug-likeness (QED) is 0.643. The zero-order chi connectivity index (χ0) is 19.3. The molecule has 1 aromatic heterocycles. The molecule has 0 aliphatic heterocycles. The fourth-order valence-electron chi connectivity index (χ4n) is 2.94. The summed E-state index contributed by atoms with van der Waals surface area (Å²) in [5.74, 6) is 0.0214. The molecule has 1 heterocycles. The van der Waals surface area contributed by atoms with Crippen molar-refractivity contribution in [3.63, 3.8) is 0 Å². The number of hydrogen-bond acceptors (Lipinski definition) is 2. The standard InChI is InChI=1S/C24H26N2O/c1-24(2,3)20-13-10-18(11-14-20)12-15-23(27)26-21-8-6-7-19(17-21)22-9-4-5-16-25-22/h4-11,13-14,16-17H,12,15H2,1-3H3,(H,26,27). The van der Waals surface area contributed by atoms with Gasteiger partial charge in [-0.2, -0.15) is 0 Å². The molecule has 0 aliphatic rings. The molecular weight excluding hydrogens is 332 g/mol. The molecule has 0 saturated heterocycles. The minimum Gasteiger partial charge on any atom is -0.326 e. The van der Waals surface area contributed by atoms with Gasteiger partial charge in [-0.3, -0.25) is 9.78 Å². The summed E-state index contributed by atoms with van der Waals surface area (Å²) in [6.07, 6.45) is 2.96. The third-order valence-electron chi connectivity index (χ3n) is 4.57. The normalized spacial score (nSPS) is 11.2. The van der Waals surface area contributed by atoms with E-state index in [1.807, 2.05) is 42.5 Å². The van der Waals surface area contributed by atoms with E-state index in [4.69, 9.17) is 0 Å². The minimum absolute atomic E-state index is 0.0214. The van der Waals surface area contributed by atoms with E-state index in [1.165, 1.54) is 11.1 Å². The van der Waals surface area contributed by atoms with Gasteiger partial charge in [0.2, 0.25) is 5.91 Å². The second-order valence-electron chi connectivity index (χ2n) is 7.79. The molecule has 3 aromatic rings. The van der Waals surface area contributed by atoms with Gasteiger partial charge >= 0.3 is 0 Å². The fraction of sp³-hybridized carbons (Fsp3) is 0.250. The number of pyridine rings is 1. The van der Waals surface area contributed by atoms with Gasteiger partial charge in [-0.1, -0.05) is 63.2 Å². The van der Waals surface area contributed by atoms with Crippen LogP contribution < -0.4 is 5.32 Å². The Kier molecular flexibility index (Phi) is 5.70. The number of amides is 1. The molecule has 0 unspecified atom stereocenters. The van der Waals surface area contributed by atoms with Gasteiger partial charge in [-0.15, -0.1) is 0 Å². The first kappa shape index (κ1) is 18.8. The second kappa shape index (κ2) is 8.17. The first-order chi connectivity index (χ1) is 12.9. The van der Waals surface area contributed by atoms with E-state index >= 15 is 0 Å². The average molecular weight is 358 g/mol. The van der Waals surface area contributed by atoms with Crippen LogP contribution in [-0.4, -0.2) is 10.9 Å². The van der Waals surface area contributed by atoms with E-state index in [0.29, 0.717) is 6.42 Å². The lowest BCUT2D eigenvalue weighted by Gasteiger charge is -2.19. The van der Waals surface area contributed by atoms with Crippen molar-refractivity contribution >= 4 is 11.6 Å². The number of hydrogen-bond donors (Lipinski definition) is 1. The number of aryl methyl sites for hydroxylation is 1. The summed E-state index contributed by atoms with van der Waals surface area (Å²) in [5, 5.41) is 2.99. The van der Waals surface area contributed by atoms with Crippen LogP contribution in [0.4, 0.5) is 5.69 Å². The van der Waals surface area contributed by atoms with Gasteiger partial charge < -0.3 is 5.32 Å². The van der Waals surface area contributed by atoms with Gasteiger partial charge in [0.15, 0.2) is 0 Å². The molecule has 3 nitrogen and oxygen atoms in total. The predicted molar refractivity (Wildman–Crippen MR) is 112 cm³/mol. The van der Waals surface area contributed by atoms with Crippen molar-refractivity contribution in [3.05, 3.63) is 84.1 Å². The Bertz CT molecular complexity index is 894. The van der Waals surface area contributed by atoms with Crippen LogP contribution in [0.5, 0.6) is 0 Å². The molecule has 0 radical (unpaired) electrons. The molecule has 1 N–H and O–H groups in total. The van der Waals surface area contributed by atoms with Crippen molar-refractivity contribution in [2.24, 2.45) is 0 Å². The van der Waals surface area contributed by atoms with Crippen molar-refractivity contribution in [1.29, 1.82) is 0 Å². The number of benzene rings is 2. The maximum atomic E-state index is 12.3. The van der Waals surface area contributed by atoms with Crippen LogP contribution in [0.1, 0.15) is 38.3 Å². The molecule has 0 spiro atoms. The molecule has 27 heavy (non-hydrogen) atoms. The van der Waals surface area contributed by atoms with Crippen LogP contribution in [-0.2, 0) is 16.6 Å². The summed E-state index contributed by atoms with van der Waals surface area (Å²) in [7, 11) is 0. The van der Waals surface area contributed by atoms with Crippen LogP contribution in [0.2, 0.25) is 0 Å². The Morgan fingerprint density at radius 1 is 0.963 bits per heavy atom. The summed E-state index contributed by atoms with van der Waals surface area (Å²) >= 11 is 0. The van der Waals surface area contributed by atoms with E-state index in [0.717, 1.165) is 23.4 Å². The van der Waals surface area contributed by atoms with Gasteiger partial charge in [0.25, 0.3) is 0 Å². The highest BCUT2D eigenvalue weighted by molar-refractivity contribution is 5.91. The van der Waals surface area contributed by atoms with Crippen molar-refractivity contribution in [2.75, 3.05) is 5.32 Å². The molecule has 0 bridgehead atoms. The number of nitrogens with one attached hydrogen (secondary N) is 1. The van der Waals surface area contributed by atoms with Gasteiger partial charge in [-0.05, 0) is 47.2 Å². The fourth-order valence-corrected chi connectivity index (χ4v) is 2.94. The SMILES string of the molecule is CC(C)(C)c1ccc(CCC(=O)Nc2cccc(-c3ccccn3)c2)cc1.